The van der Waals surface area contributed by atoms with Crippen molar-refractivity contribution in [3.05, 3.63) is 29.3 Å². The van der Waals surface area contributed by atoms with Crippen LogP contribution in [0, 0.1) is 12.8 Å². The number of ether oxygens (including phenoxy) is 2. The van der Waals surface area contributed by atoms with Crippen LogP contribution in [-0.4, -0.2) is 26.4 Å². The fourth-order valence-electron chi connectivity index (χ4n) is 2.14. The highest BCUT2D eigenvalue weighted by Crippen LogP contribution is 2.26. The predicted molar refractivity (Wildman–Crippen MR) is 89.0 cm³/mol. The van der Waals surface area contributed by atoms with E-state index in [4.69, 9.17) is 9.47 Å². The summed E-state index contributed by atoms with van der Waals surface area (Å²) < 4.78 is 11.5. The van der Waals surface area contributed by atoms with Crippen LogP contribution in [0.4, 0.5) is 0 Å². The Balaban J connectivity index is 2.55. The SMILES string of the molecule is CCCNC(C)c1cc(C)ccc1OCCOCC(C)C. The monoisotopic (exact) mass is 293 g/mol. The van der Waals surface area contributed by atoms with Crippen LogP contribution in [0.15, 0.2) is 18.2 Å². The van der Waals surface area contributed by atoms with Gasteiger partial charge >= 0.3 is 0 Å². The molecule has 1 rings (SSSR count). The maximum Gasteiger partial charge on any atom is 0.124 e. The lowest BCUT2D eigenvalue weighted by Gasteiger charge is -2.19. The van der Waals surface area contributed by atoms with Gasteiger partial charge < -0.3 is 14.8 Å². The van der Waals surface area contributed by atoms with Crippen molar-refractivity contribution in [2.45, 2.75) is 47.1 Å². The van der Waals surface area contributed by atoms with Gasteiger partial charge in [-0.2, -0.15) is 0 Å². The molecule has 1 N–H and O–H groups in total. The summed E-state index contributed by atoms with van der Waals surface area (Å²) in [4.78, 5) is 0. The van der Waals surface area contributed by atoms with Crippen LogP contribution in [-0.2, 0) is 4.74 Å². The van der Waals surface area contributed by atoms with E-state index in [-0.39, 0.29) is 0 Å². The molecule has 0 aromatic heterocycles. The lowest BCUT2D eigenvalue weighted by Crippen LogP contribution is -2.20. The second kappa shape index (κ2) is 9.80. The average molecular weight is 293 g/mol. The lowest BCUT2D eigenvalue weighted by atomic mass is 10.0. The highest BCUT2D eigenvalue weighted by Gasteiger charge is 2.11. The normalized spacial score (nSPS) is 12.7. The van der Waals surface area contributed by atoms with Gasteiger partial charge in [0, 0.05) is 18.2 Å². The van der Waals surface area contributed by atoms with Gasteiger partial charge in [0.25, 0.3) is 0 Å². The van der Waals surface area contributed by atoms with Crippen molar-refractivity contribution < 1.29 is 9.47 Å². The number of aryl methyl sites for hydroxylation is 1. The molecule has 1 aromatic carbocycles. The zero-order valence-corrected chi connectivity index (χ0v) is 14.2. The van der Waals surface area contributed by atoms with Crippen LogP contribution in [0.2, 0.25) is 0 Å². The van der Waals surface area contributed by atoms with E-state index in [0.29, 0.717) is 25.2 Å². The van der Waals surface area contributed by atoms with E-state index in [1.165, 1.54) is 11.1 Å². The first-order valence-corrected chi connectivity index (χ1v) is 8.09. The molecule has 1 atom stereocenters. The molecule has 0 bridgehead atoms. The molecule has 3 heteroatoms. The molecule has 120 valence electrons. The molecule has 0 saturated heterocycles. The third kappa shape index (κ3) is 6.96. The van der Waals surface area contributed by atoms with Crippen LogP contribution in [0.3, 0.4) is 0 Å². The van der Waals surface area contributed by atoms with Crippen molar-refractivity contribution in [2.75, 3.05) is 26.4 Å². The standard InChI is InChI=1S/C18H31NO2/c1-6-9-19-16(5)17-12-15(4)7-8-18(17)21-11-10-20-13-14(2)3/h7-8,12,14,16,19H,6,9-11,13H2,1-5H3. The molecule has 1 unspecified atom stereocenters. The van der Waals surface area contributed by atoms with E-state index in [2.05, 4.69) is 58.1 Å². The highest BCUT2D eigenvalue weighted by molar-refractivity contribution is 5.39. The molecule has 0 aliphatic heterocycles. The second-order valence-electron chi connectivity index (χ2n) is 6.03. The zero-order valence-electron chi connectivity index (χ0n) is 14.2. The summed E-state index contributed by atoms with van der Waals surface area (Å²) in [5.74, 6) is 1.53. The predicted octanol–water partition coefficient (Wildman–Crippen LogP) is 4.11. The van der Waals surface area contributed by atoms with Gasteiger partial charge in [0.15, 0.2) is 0 Å². The first kappa shape index (κ1) is 18.0. The molecule has 0 spiro atoms. The maximum absolute atomic E-state index is 5.91. The minimum Gasteiger partial charge on any atom is -0.491 e. The highest BCUT2D eigenvalue weighted by atomic mass is 16.5. The van der Waals surface area contributed by atoms with Crippen molar-refractivity contribution in [3.8, 4) is 5.75 Å². The smallest absolute Gasteiger partial charge is 0.124 e. The third-order valence-corrected chi connectivity index (χ3v) is 3.27. The van der Waals surface area contributed by atoms with Gasteiger partial charge in [0.1, 0.15) is 12.4 Å². The van der Waals surface area contributed by atoms with Crippen molar-refractivity contribution in [2.24, 2.45) is 5.92 Å². The molecule has 0 amide bonds. The second-order valence-corrected chi connectivity index (χ2v) is 6.03. The van der Waals surface area contributed by atoms with Gasteiger partial charge in [-0.15, -0.1) is 0 Å². The van der Waals surface area contributed by atoms with Gasteiger partial charge in [-0.05, 0) is 38.8 Å². The van der Waals surface area contributed by atoms with E-state index in [9.17, 15) is 0 Å². The minimum absolute atomic E-state index is 0.302. The molecule has 0 aliphatic rings. The Labute approximate surface area is 130 Å². The topological polar surface area (TPSA) is 30.5 Å². The van der Waals surface area contributed by atoms with Gasteiger partial charge in [-0.25, -0.2) is 0 Å². The number of hydrogen-bond donors (Lipinski definition) is 1. The number of rotatable bonds is 10. The summed E-state index contributed by atoms with van der Waals surface area (Å²) in [5, 5.41) is 3.52. The Bertz CT molecular complexity index is 404. The Morgan fingerprint density at radius 3 is 2.57 bits per heavy atom. The maximum atomic E-state index is 5.91. The zero-order chi connectivity index (χ0) is 15.7. The van der Waals surface area contributed by atoms with Gasteiger partial charge in [-0.1, -0.05) is 38.5 Å². The summed E-state index contributed by atoms with van der Waals surface area (Å²) >= 11 is 0. The Hall–Kier alpha value is -1.06. The summed E-state index contributed by atoms with van der Waals surface area (Å²) in [5.41, 5.74) is 2.49. The fourth-order valence-corrected chi connectivity index (χ4v) is 2.14. The first-order valence-electron chi connectivity index (χ1n) is 8.09. The molecule has 0 saturated carbocycles. The fraction of sp³-hybridized carbons (Fsp3) is 0.667. The van der Waals surface area contributed by atoms with E-state index in [1.807, 2.05) is 0 Å². The van der Waals surface area contributed by atoms with Crippen LogP contribution >= 0.6 is 0 Å². The molecular formula is C18H31NO2. The largest absolute Gasteiger partial charge is 0.491 e. The molecule has 21 heavy (non-hydrogen) atoms. The molecule has 0 heterocycles. The van der Waals surface area contributed by atoms with Crippen molar-refractivity contribution in [3.63, 3.8) is 0 Å². The molecular weight excluding hydrogens is 262 g/mol. The quantitative estimate of drug-likeness (QED) is 0.659. The van der Waals surface area contributed by atoms with E-state index >= 15 is 0 Å². The van der Waals surface area contributed by atoms with Crippen molar-refractivity contribution in [1.29, 1.82) is 0 Å². The van der Waals surface area contributed by atoms with Crippen LogP contribution in [0.5, 0.6) is 5.75 Å². The van der Waals surface area contributed by atoms with E-state index in [0.717, 1.165) is 25.3 Å². The Morgan fingerprint density at radius 1 is 1.14 bits per heavy atom. The van der Waals surface area contributed by atoms with E-state index in [1.54, 1.807) is 0 Å². The molecule has 0 aliphatic carbocycles. The first-order chi connectivity index (χ1) is 10.0. The summed E-state index contributed by atoms with van der Waals surface area (Å²) in [6.45, 7) is 13.8. The summed E-state index contributed by atoms with van der Waals surface area (Å²) in [6.07, 6.45) is 1.13. The molecule has 0 radical (unpaired) electrons. The minimum atomic E-state index is 0.302. The molecule has 1 aromatic rings. The van der Waals surface area contributed by atoms with Gasteiger partial charge in [0.2, 0.25) is 0 Å². The Kier molecular flexibility index (Phi) is 8.40. The van der Waals surface area contributed by atoms with Crippen LogP contribution in [0.25, 0.3) is 0 Å². The Morgan fingerprint density at radius 2 is 1.90 bits per heavy atom. The molecule has 3 nitrogen and oxygen atoms in total. The number of benzene rings is 1. The lowest BCUT2D eigenvalue weighted by molar-refractivity contribution is 0.0815. The van der Waals surface area contributed by atoms with Crippen molar-refractivity contribution >= 4 is 0 Å². The van der Waals surface area contributed by atoms with Crippen LogP contribution < -0.4 is 10.1 Å². The van der Waals surface area contributed by atoms with Crippen molar-refractivity contribution in [1.82, 2.24) is 5.32 Å². The van der Waals surface area contributed by atoms with E-state index < -0.39 is 0 Å². The van der Waals surface area contributed by atoms with Gasteiger partial charge in [-0.3, -0.25) is 0 Å². The number of nitrogens with one attached hydrogen (secondary N) is 1. The van der Waals surface area contributed by atoms with Gasteiger partial charge in [0.05, 0.1) is 6.61 Å². The summed E-state index contributed by atoms with van der Waals surface area (Å²) in [6, 6.07) is 6.67. The van der Waals surface area contributed by atoms with Crippen LogP contribution in [0.1, 0.15) is 51.3 Å². The number of hydrogen-bond acceptors (Lipinski definition) is 3. The molecule has 0 fully saturated rings. The average Bonchev–Trinajstić information content (AvgIpc) is 2.45. The summed E-state index contributed by atoms with van der Waals surface area (Å²) in [7, 11) is 0. The third-order valence-electron chi connectivity index (χ3n) is 3.27.